The largest absolute Gasteiger partial charge is 0.396 e. The summed E-state index contributed by atoms with van der Waals surface area (Å²) in [5.41, 5.74) is 0.976. The van der Waals surface area contributed by atoms with E-state index in [1.165, 1.54) is 11.3 Å². The van der Waals surface area contributed by atoms with Crippen molar-refractivity contribution in [1.82, 2.24) is 9.21 Å². The van der Waals surface area contributed by atoms with Crippen LogP contribution in [-0.2, 0) is 10.0 Å². The normalized spacial score (nSPS) is 22.8. The number of aliphatic hydroxyl groups is 1. The Bertz CT molecular complexity index is 527. The predicted molar refractivity (Wildman–Crippen MR) is 75.9 cm³/mol. The molecule has 1 N–H and O–H groups in total. The SMILES string of the molecule is Cc1csc(S(=O)(=O)N2CCN(C)[C@@H](CCO)C2)c1. The molecule has 1 aliphatic heterocycles. The zero-order valence-electron chi connectivity index (χ0n) is 11.2. The van der Waals surface area contributed by atoms with Gasteiger partial charge in [0, 0.05) is 32.3 Å². The third-order valence-corrected chi connectivity index (χ3v) is 6.90. The van der Waals surface area contributed by atoms with Gasteiger partial charge in [-0.05, 0) is 37.4 Å². The molecule has 1 aliphatic rings. The predicted octanol–water partition coefficient (Wildman–Crippen LogP) is 0.744. The molecule has 0 saturated carbocycles. The first-order valence-corrected chi connectivity index (χ1v) is 8.63. The van der Waals surface area contributed by atoms with Crippen molar-refractivity contribution in [2.24, 2.45) is 0 Å². The highest BCUT2D eigenvalue weighted by Gasteiger charge is 2.33. The summed E-state index contributed by atoms with van der Waals surface area (Å²) in [6.07, 6.45) is 0.603. The molecular formula is C12H20N2O3S2. The van der Waals surface area contributed by atoms with E-state index >= 15 is 0 Å². The number of nitrogens with zero attached hydrogens (tertiary/aromatic N) is 2. The van der Waals surface area contributed by atoms with Crippen LogP contribution in [0.25, 0.3) is 0 Å². The van der Waals surface area contributed by atoms with Gasteiger partial charge in [0.2, 0.25) is 0 Å². The van der Waals surface area contributed by atoms with Crippen molar-refractivity contribution in [3.05, 3.63) is 17.0 Å². The van der Waals surface area contributed by atoms with Gasteiger partial charge < -0.3 is 10.0 Å². The van der Waals surface area contributed by atoms with Crippen LogP contribution in [0, 0.1) is 6.92 Å². The Morgan fingerprint density at radius 3 is 2.79 bits per heavy atom. The molecule has 1 fully saturated rings. The molecule has 108 valence electrons. The smallest absolute Gasteiger partial charge is 0.252 e. The molecule has 2 heterocycles. The van der Waals surface area contributed by atoms with E-state index in [9.17, 15) is 8.42 Å². The van der Waals surface area contributed by atoms with Gasteiger partial charge in [-0.2, -0.15) is 4.31 Å². The Hall–Kier alpha value is -0.470. The van der Waals surface area contributed by atoms with Crippen molar-refractivity contribution in [2.75, 3.05) is 33.3 Å². The van der Waals surface area contributed by atoms with Crippen LogP contribution in [0.3, 0.4) is 0 Å². The summed E-state index contributed by atoms with van der Waals surface area (Å²) < 4.78 is 27.0. The van der Waals surface area contributed by atoms with Gasteiger partial charge in [-0.25, -0.2) is 8.42 Å². The summed E-state index contributed by atoms with van der Waals surface area (Å²) in [6, 6.07) is 1.81. The van der Waals surface area contributed by atoms with Crippen LogP contribution in [0.5, 0.6) is 0 Å². The van der Waals surface area contributed by atoms with Crippen LogP contribution in [0.2, 0.25) is 0 Å². The Labute approximate surface area is 118 Å². The summed E-state index contributed by atoms with van der Waals surface area (Å²) in [5, 5.41) is 10.9. The molecule has 0 aliphatic carbocycles. The van der Waals surface area contributed by atoms with Gasteiger partial charge in [0.1, 0.15) is 4.21 Å². The Kier molecular flexibility index (Phi) is 4.62. The number of hydrogen-bond donors (Lipinski definition) is 1. The minimum Gasteiger partial charge on any atom is -0.396 e. The Morgan fingerprint density at radius 1 is 1.47 bits per heavy atom. The number of aryl methyl sites for hydroxylation is 1. The molecule has 1 aromatic rings. The number of likely N-dealkylation sites (N-methyl/N-ethyl adjacent to an activating group) is 1. The molecule has 5 nitrogen and oxygen atoms in total. The third-order valence-electron chi connectivity index (χ3n) is 3.50. The topological polar surface area (TPSA) is 60.9 Å². The minimum absolute atomic E-state index is 0.0843. The molecule has 7 heteroatoms. The molecule has 1 atom stereocenters. The second-order valence-corrected chi connectivity index (χ2v) is 8.03. The van der Waals surface area contributed by atoms with E-state index in [1.807, 2.05) is 19.4 Å². The number of rotatable bonds is 4. The van der Waals surface area contributed by atoms with Crippen LogP contribution in [0.15, 0.2) is 15.7 Å². The molecule has 0 unspecified atom stereocenters. The van der Waals surface area contributed by atoms with Gasteiger partial charge in [-0.3, -0.25) is 0 Å². The average Bonchev–Trinajstić information content (AvgIpc) is 2.79. The van der Waals surface area contributed by atoms with Gasteiger partial charge in [0.15, 0.2) is 0 Å². The van der Waals surface area contributed by atoms with Crippen molar-refractivity contribution >= 4 is 21.4 Å². The molecule has 0 aromatic carbocycles. The monoisotopic (exact) mass is 304 g/mol. The molecule has 1 saturated heterocycles. The standard InChI is InChI=1S/C12H20N2O3S2/c1-10-7-12(18-9-10)19(16,17)14-5-4-13(2)11(8-14)3-6-15/h7,9,11,15H,3-6,8H2,1-2H3/t11-/m0/s1. The van der Waals surface area contributed by atoms with Crippen LogP contribution in [-0.4, -0.2) is 62.1 Å². The van der Waals surface area contributed by atoms with E-state index in [0.717, 1.165) is 5.56 Å². The fraction of sp³-hybridized carbons (Fsp3) is 0.667. The van der Waals surface area contributed by atoms with Crippen LogP contribution in [0.1, 0.15) is 12.0 Å². The third kappa shape index (κ3) is 3.17. The lowest BCUT2D eigenvalue weighted by Gasteiger charge is -2.38. The van der Waals surface area contributed by atoms with Crippen LogP contribution in [0.4, 0.5) is 0 Å². The van der Waals surface area contributed by atoms with Crippen molar-refractivity contribution < 1.29 is 13.5 Å². The lowest BCUT2D eigenvalue weighted by molar-refractivity contribution is 0.120. The minimum atomic E-state index is -3.37. The first-order valence-electron chi connectivity index (χ1n) is 6.31. The maximum atomic E-state index is 12.5. The van der Waals surface area contributed by atoms with E-state index in [2.05, 4.69) is 4.90 Å². The molecule has 1 aromatic heterocycles. The van der Waals surface area contributed by atoms with E-state index in [4.69, 9.17) is 5.11 Å². The van der Waals surface area contributed by atoms with E-state index < -0.39 is 10.0 Å². The van der Waals surface area contributed by atoms with Crippen molar-refractivity contribution in [3.8, 4) is 0 Å². The highest BCUT2D eigenvalue weighted by molar-refractivity contribution is 7.91. The van der Waals surface area contributed by atoms with Gasteiger partial charge in [0.25, 0.3) is 10.0 Å². The quantitative estimate of drug-likeness (QED) is 0.891. The second kappa shape index (κ2) is 5.88. The highest BCUT2D eigenvalue weighted by Crippen LogP contribution is 2.25. The lowest BCUT2D eigenvalue weighted by atomic mass is 10.1. The number of thiophene rings is 1. The van der Waals surface area contributed by atoms with Gasteiger partial charge in [-0.15, -0.1) is 11.3 Å². The van der Waals surface area contributed by atoms with E-state index in [1.54, 1.807) is 10.4 Å². The maximum Gasteiger partial charge on any atom is 0.252 e. The molecular weight excluding hydrogens is 284 g/mol. The summed E-state index contributed by atoms with van der Waals surface area (Å²) in [6.45, 7) is 3.65. The number of sulfonamides is 1. The lowest BCUT2D eigenvalue weighted by Crippen LogP contribution is -2.53. The maximum absolute atomic E-state index is 12.5. The van der Waals surface area contributed by atoms with Gasteiger partial charge in [-0.1, -0.05) is 0 Å². The Morgan fingerprint density at radius 2 is 2.21 bits per heavy atom. The first kappa shape index (κ1) is 14.9. The summed E-state index contributed by atoms with van der Waals surface area (Å²) in [5.74, 6) is 0. The Balaban J connectivity index is 2.17. The zero-order chi connectivity index (χ0) is 14.0. The van der Waals surface area contributed by atoms with E-state index in [0.29, 0.717) is 30.3 Å². The summed E-state index contributed by atoms with van der Waals surface area (Å²) in [4.78, 5) is 2.11. The fourth-order valence-corrected chi connectivity index (χ4v) is 5.11. The first-order chi connectivity index (χ1) is 8.95. The van der Waals surface area contributed by atoms with Crippen molar-refractivity contribution in [3.63, 3.8) is 0 Å². The molecule has 0 bridgehead atoms. The molecule has 19 heavy (non-hydrogen) atoms. The van der Waals surface area contributed by atoms with Crippen molar-refractivity contribution in [1.29, 1.82) is 0 Å². The average molecular weight is 304 g/mol. The number of aliphatic hydroxyl groups excluding tert-OH is 1. The number of piperazine rings is 1. The van der Waals surface area contributed by atoms with Gasteiger partial charge >= 0.3 is 0 Å². The molecule has 0 spiro atoms. The van der Waals surface area contributed by atoms with Gasteiger partial charge in [0.05, 0.1) is 0 Å². The molecule has 0 radical (unpaired) electrons. The summed E-state index contributed by atoms with van der Waals surface area (Å²) in [7, 11) is -1.40. The van der Waals surface area contributed by atoms with Crippen molar-refractivity contribution in [2.45, 2.75) is 23.6 Å². The second-order valence-electron chi connectivity index (χ2n) is 4.95. The highest BCUT2D eigenvalue weighted by atomic mass is 32.2. The van der Waals surface area contributed by atoms with Crippen LogP contribution < -0.4 is 0 Å². The zero-order valence-corrected chi connectivity index (χ0v) is 12.9. The number of hydrogen-bond acceptors (Lipinski definition) is 5. The molecule has 0 amide bonds. The van der Waals surface area contributed by atoms with E-state index in [-0.39, 0.29) is 12.6 Å². The van der Waals surface area contributed by atoms with Crippen LogP contribution >= 0.6 is 11.3 Å². The summed E-state index contributed by atoms with van der Waals surface area (Å²) >= 11 is 1.27. The molecule has 2 rings (SSSR count). The fourth-order valence-electron chi connectivity index (χ4n) is 2.26.